The van der Waals surface area contributed by atoms with Gasteiger partial charge in [0.25, 0.3) is 0 Å². The first-order valence-corrected chi connectivity index (χ1v) is 16.4. The van der Waals surface area contributed by atoms with Crippen molar-refractivity contribution in [3.8, 4) is 11.3 Å². The normalized spacial score (nSPS) is 15.0. The van der Waals surface area contributed by atoms with Crippen LogP contribution in [0, 0.1) is 11.8 Å². The van der Waals surface area contributed by atoms with Crippen LogP contribution in [0.4, 0.5) is 0 Å². The van der Waals surface area contributed by atoms with Gasteiger partial charge in [0.05, 0.1) is 17.4 Å². The summed E-state index contributed by atoms with van der Waals surface area (Å²) in [4.78, 5) is 5.12. The first-order chi connectivity index (χ1) is 19.5. The molecule has 200 valence electrons. The average Bonchev–Trinajstić information content (AvgIpc) is 3.00. The van der Waals surface area contributed by atoms with E-state index in [4.69, 9.17) is 10.7 Å². The molecule has 0 amide bonds. The Balaban J connectivity index is 1.37. The Hall–Kier alpha value is -3.41. The van der Waals surface area contributed by atoms with Gasteiger partial charge in [0.2, 0.25) is 0 Å². The summed E-state index contributed by atoms with van der Waals surface area (Å²) in [6, 6.07) is 34.1. The van der Waals surface area contributed by atoms with Gasteiger partial charge in [-0.05, 0) is 82.3 Å². The van der Waals surface area contributed by atoms with Crippen molar-refractivity contribution in [3.05, 3.63) is 136 Å². The summed E-state index contributed by atoms with van der Waals surface area (Å²) in [7, 11) is 0. The van der Waals surface area contributed by atoms with E-state index in [2.05, 4.69) is 134 Å². The fraction of sp³-hybridized carbons (Fsp3) is 0.189. The number of rotatable bonds is 7. The molecule has 0 aliphatic carbocycles. The number of nitrogens with two attached hydrogens (primary N) is 1. The van der Waals surface area contributed by atoms with Crippen molar-refractivity contribution in [1.82, 2.24) is 4.98 Å². The molecular weight excluding hydrogens is 599 g/mol. The first-order valence-electron chi connectivity index (χ1n) is 14.1. The fourth-order valence-corrected chi connectivity index (χ4v) is 7.92. The largest absolute Gasteiger partial charge is 0.319 e. The Kier molecular flexibility index (Phi) is 7.77. The maximum Gasteiger partial charge on any atom is 0.0732 e. The van der Waals surface area contributed by atoms with E-state index in [-0.39, 0.29) is 26.8 Å². The lowest BCUT2D eigenvalue weighted by Crippen LogP contribution is -2.15. The molecule has 2 atom stereocenters. The number of hydrogen-bond acceptors (Lipinski definition) is 2. The van der Waals surface area contributed by atoms with E-state index < -0.39 is 0 Å². The van der Waals surface area contributed by atoms with Crippen LogP contribution in [0.25, 0.3) is 32.8 Å². The van der Waals surface area contributed by atoms with Gasteiger partial charge in [-0.2, -0.15) is 0 Å². The third-order valence-corrected chi connectivity index (χ3v) is 10.9. The molecule has 6 rings (SSSR count). The second-order valence-corrected chi connectivity index (χ2v) is 13.6. The third kappa shape index (κ3) is 5.45. The molecule has 4 aromatic carbocycles. The molecule has 3 heteroatoms. The van der Waals surface area contributed by atoms with E-state index in [9.17, 15) is 0 Å². The molecule has 5 aromatic rings. The van der Waals surface area contributed by atoms with Crippen molar-refractivity contribution in [2.45, 2.75) is 33.2 Å². The number of nitrogens with zero attached hydrogens (tertiary/aromatic N) is 1. The van der Waals surface area contributed by atoms with Crippen molar-refractivity contribution >= 4 is 45.8 Å². The molecule has 2 unspecified atom stereocenters. The summed E-state index contributed by atoms with van der Waals surface area (Å²) >= 11 is 0.0368. The highest BCUT2D eigenvalue weighted by Crippen LogP contribution is 2.33. The molecule has 1 aromatic heterocycles. The SMILES string of the molecule is CC(C)C1=IC=CC(C(C)Cc2cc(C(N)c3cccc(-c4cccc5ccccc45)n3)c3ccccc3c2)=C1. The minimum atomic E-state index is -0.325. The number of pyridine rings is 1. The lowest BCUT2D eigenvalue weighted by molar-refractivity contribution is 0.693. The van der Waals surface area contributed by atoms with E-state index in [1.165, 1.54) is 32.7 Å². The predicted octanol–water partition coefficient (Wildman–Crippen LogP) is 9.53. The standard InChI is InChI=1S/C37H35IN2/c1-24(2)34-23-28(18-19-38-34)25(3)20-26-21-29-11-5-7-14-31(29)33(22-26)37(39)36-17-9-16-35(40-36)32-15-8-12-27-10-4-6-13-30(27)32/h4-19,21-25,37H,20,39H2,1-3H3. The molecule has 2 nitrogen and oxygen atoms in total. The second-order valence-electron chi connectivity index (χ2n) is 11.0. The molecule has 1 aliphatic rings. The van der Waals surface area contributed by atoms with Crippen LogP contribution in [0.15, 0.2) is 119 Å². The van der Waals surface area contributed by atoms with Crippen molar-refractivity contribution in [2.24, 2.45) is 17.6 Å². The van der Waals surface area contributed by atoms with Crippen LogP contribution in [-0.4, -0.2) is 8.49 Å². The Morgan fingerprint density at radius 3 is 2.33 bits per heavy atom. The molecule has 2 N–H and O–H groups in total. The maximum absolute atomic E-state index is 7.05. The first kappa shape index (κ1) is 26.8. The number of halogens is 1. The van der Waals surface area contributed by atoms with E-state index in [0.29, 0.717) is 11.8 Å². The monoisotopic (exact) mass is 634 g/mol. The van der Waals surface area contributed by atoms with Crippen molar-refractivity contribution in [1.29, 1.82) is 0 Å². The zero-order valence-corrected chi connectivity index (χ0v) is 25.5. The summed E-state index contributed by atoms with van der Waals surface area (Å²) < 4.78 is 4.05. The average molecular weight is 635 g/mol. The molecule has 0 radical (unpaired) electrons. The van der Waals surface area contributed by atoms with Gasteiger partial charge in [0.15, 0.2) is 0 Å². The van der Waals surface area contributed by atoms with E-state index in [0.717, 1.165) is 28.9 Å². The summed E-state index contributed by atoms with van der Waals surface area (Å²) in [6.07, 6.45) is 5.81. The van der Waals surface area contributed by atoms with Crippen LogP contribution in [0.3, 0.4) is 0 Å². The Morgan fingerprint density at radius 1 is 0.775 bits per heavy atom. The van der Waals surface area contributed by atoms with Crippen molar-refractivity contribution in [3.63, 3.8) is 0 Å². The molecule has 0 saturated heterocycles. The Morgan fingerprint density at radius 2 is 1.50 bits per heavy atom. The number of fused-ring (bicyclic) bond motifs is 2. The van der Waals surface area contributed by atoms with Crippen LogP contribution in [-0.2, 0) is 6.42 Å². The number of benzene rings is 4. The smallest absolute Gasteiger partial charge is 0.0732 e. The van der Waals surface area contributed by atoms with Gasteiger partial charge in [0.1, 0.15) is 0 Å². The molecule has 1 aliphatic heterocycles. The highest BCUT2D eigenvalue weighted by molar-refractivity contribution is 14.2. The van der Waals surface area contributed by atoms with E-state index >= 15 is 0 Å². The van der Waals surface area contributed by atoms with Crippen LogP contribution < -0.4 is 5.73 Å². The minimum absolute atomic E-state index is 0.0368. The second kappa shape index (κ2) is 11.6. The number of hydrogen-bond donors (Lipinski definition) is 1. The fourth-order valence-electron chi connectivity index (χ4n) is 5.65. The van der Waals surface area contributed by atoms with E-state index in [1.807, 2.05) is 0 Å². The molecule has 0 fully saturated rings. The van der Waals surface area contributed by atoms with Gasteiger partial charge < -0.3 is 5.73 Å². The third-order valence-electron chi connectivity index (χ3n) is 7.85. The van der Waals surface area contributed by atoms with Crippen LogP contribution >= 0.6 is 20.7 Å². The molecule has 0 spiro atoms. The van der Waals surface area contributed by atoms with Crippen molar-refractivity contribution in [2.75, 3.05) is 0 Å². The highest BCUT2D eigenvalue weighted by atomic mass is 127. The minimum Gasteiger partial charge on any atom is -0.319 e. The predicted molar refractivity (Wildman–Crippen MR) is 181 cm³/mol. The Labute approximate surface area is 247 Å². The lowest BCUT2D eigenvalue weighted by atomic mass is 9.88. The van der Waals surface area contributed by atoms with Gasteiger partial charge in [-0.3, -0.25) is 4.98 Å². The topological polar surface area (TPSA) is 38.9 Å². The summed E-state index contributed by atoms with van der Waals surface area (Å²) in [5.74, 6) is 1.06. The Bertz CT molecular complexity index is 1790. The lowest BCUT2D eigenvalue weighted by Gasteiger charge is -2.20. The van der Waals surface area contributed by atoms with Crippen molar-refractivity contribution < 1.29 is 0 Å². The van der Waals surface area contributed by atoms with Gasteiger partial charge in [-0.15, -0.1) is 0 Å². The highest BCUT2D eigenvalue weighted by Gasteiger charge is 2.18. The number of allylic oxidation sites excluding steroid dienone is 3. The quantitative estimate of drug-likeness (QED) is 0.181. The summed E-state index contributed by atoms with van der Waals surface area (Å²) in [5, 5.41) is 4.85. The van der Waals surface area contributed by atoms with Gasteiger partial charge >= 0.3 is 0 Å². The van der Waals surface area contributed by atoms with Crippen LogP contribution in [0.2, 0.25) is 0 Å². The zero-order chi connectivity index (χ0) is 27.6. The van der Waals surface area contributed by atoms with Crippen LogP contribution in [0.5, 0.6) is 0 Å². The van der Waals surface area contributed by atoms with Gasteiger partial charge in [0, 0.05) is 5.56 Å². The molecule has 0 saturated carbocycles. The van der Waals surface area contributed by atoms with Crippen LogP contribution in [0.1, 0.15) is 43.6 Å². The number of aromatic nitrogens is 1. The molecule has 0 bridgehead atoms. The maximum atomic E-state index is 7.05. The van der Waals surface area contributed by atoms with Gasteiger partial charge in [-0.1, -0.05) is 133 Å². The molecular formula is C37H35IN2. The summed E-state index contributed by atoms with van der Waals surface area (Å²) in [6.45, 7) is 6.97. The van der Waals surface area contributed by atoms with E-state index in [1.54, 1.807) is 3.51 Å². The zero-order valence-electron chi connectivity index (χ0n) is 23.3. The van der Waals surface area contributed by atoms with Gasteiger partial charge in [-0.25, -0.2) is 0 Å². The molecule has 40 heavy (non-hydrogen) atoms. The molecule has 2 heterocycles. The summed E-state index contributed by atoms with van der Waals surface area (Å²) in [5.41, 5.74) is 13.9.